The number of hydrogen-bond acceptors (Lipinski definition) is 7. The molecule has 1 fully saturated rings. The molecule has 2 atom stereocenters. The van der Waals surface area contributed by atoms with Gasteiger partial charge in [0.05, 0.1) is 25.8 Å². The SMILES string of the molecule is [B]C1C=NN2C(=NCc3cccnc3)C=C(C3CCN(C(=O)c4nn(-c5ccccc5)nc4C)CC3)NC12. The number of aryl methyl sites for hydroxylation is 1. The summed E-state index contributed by atoms with van der Waals surface area (Å²) in [6.07, 6.45) is 8.88. The van der Waals surface area contributed by atoms with Gasteiger partial charge in [0.1, 0.15) is 12.0 Å². The third kappa shape index (κ3) is 4.71. The highest BCUT2D eigenvalue weighted by Crippen LogP contribution is 2.31. The molecule has 3 aliphatic heterocycles. The molecule has 2 unspecified atom stereocenters. The maximum Gasteiger partial charge on any atom is 0.276 e. The molecule has 3 aliphatic rings. The Morgan fingerprint density at radius 3 is 2.71 bits per heavy atom. The summed E-state index contributed by atoms with van der Waals surface area (Å²) in [5, 5.41) is 18.9. The Kier molecular flexibility index (Phi) is 6.49. The summed E-state index contributed by atoms with van der Waals surface area (Å²) in [5.41, 5.74) is 3.98. The molecule has 11 heteroatoms. The number of carbonyl (C=O) groups excluding carboxylic acids is 1. The minimum absolute atomic E-state index is 0.0789. The number of likely N-dealkylation sites (tertiary alicyclic amines) is 1. The van der Waals surface area contributed by atoms with Crippen LogP contribution in [0, 0.1) is 12.8 Å². The number of benzene rings is 1. The highest BCUT2D eigenvalue weighted by Gasteiger charge is 2.37. The lowest BCUT2D eigenvalue weighted by molar-refractivity contribution is 0.0690. The number of piperidine rings is 1. The fraction of sp³-hybridized carbons (Fsp3) is 0.333. The highest BCUT2D eigenvalue weighted by atomic mass is 16.2. The maximum atomic E-state index is 13.3. The summed E-state index contributed by atoms with van der Waals surface area (Å²) in [6.45, 7) is 3.61. The molecule has 0 aliphatic carbocycles. The van der Waals surface area contributed by atoms with Gasteiger partial charge in [-0.1, -0.05) is 24.3 Å². The molecule has 0 saturated carbocycles. The van der Waals surface area contributed by atoms with Gasteiger partial charge >= 0.3 is 0 Å². The second-order valence-corrected chi connectivity index (χ2v) is 9.74. The molecular weight excluding hydrogens is 477 g/mol. The average molecular weight is 505 g/mol. The number of nitrogens with one attached hydrogen (secondary N) is 1. The van der Waals surface area contributed by atoms with Crippen LogP contribution in [-0.2, 0) is 6.54 Å². The summed E-state index contributed by atoms with van der Waals surface area (Å²) in [5.74, 6) is 0.728. The van der Waals surface area contributed by atoms with Gasteiger partial charge in [0.2, 0.25) is 0 Å². The van der Waals surface area contributed by atoms with Gasteiger partial charge in [-0.05, 0) is 49.3 Å². The summed E-state index contributed by atoms with van der Waals surface area (Å²) in [7, 11) is 6.32. The fourth-order valence-electron chi connectivity index (χ4n) is 5.06. The van der Waals surface area contributed by atoms with Gasteiger partial charge in [-0.2, -0.15) is 15.0 Å². The molecule has 5 heterocycles. The molecular formula is C27H28BN9O. The van der Waals surface area contributed by atoms with E-state index in [4.69, 9.17) is 12.8 Å². The summed E-state index contributed by atoms with van der Waals surface area (Å²) in [6, 6.07) is 13.5. The molecule has 1 aromatic carbocycles. The van der Waals surface area contributed by atoms with E-state index in [1.165, 1.54) is 4.80 Å². The summed E-state index contributed by atoms with van der Waals surface area (Å²) in [4.78, 5) is 25.7. The van der Waals surface area contributed by atoms with Crippen molar-refractivity contribution in [2.24, 2.45) is 16.0 Å². The van der Waals surface area contributed by atoms with Crippen molar-refractivity contribution in [3.05, 3.63) is 83.6 Å². The number of carbonyl (C=O) groups is 1. The Morgan fingerprint density at radius 1 is 1.13 bits per heavy atom. The second kappa shape index (κ2) is 10.2. The van der Waals surface area contributed by atoms with E-state index in [1.807, 2.05) is 65.5 Å². The summed E-state index contributed by atoms with van der Waals surface area (Å²) >= 11 is 0. The molecule has 6 rings (SSSR count). The highest BCUT2D eigenvalue weighted by molar-refractivity contribution is 6.22. The zero-order chi connectivity index (χ0) is 26.1. The topological polar surface area (TPSA) is 104 Å². The van der Waals surface area contributed by atoms with Crippen LogP contribution >= 0.6 is 0 Å². The molecule has 2 radical (unpaired) electrons. The van der Waals surface area contributed by atoms with Crippen molar-refractivity contribution < 1.29 is 4.79 Å². The smallest absolute Gasteiger partial charge is 0.276 e. The van der Waals surface area contributed by atoms with Crippen molar-refractivity contribution in [3.8, 4) is 5.69 Å². The third-order valence-electron chi connectivity index (χ3n) is 7.17. The number of para-hydroxylation sites is 1. The third-order valence-corrected chi connectivity index (χ3v) is 7.17. The van der Waals surface area contributed by atoms with E-state index in [0.717, 1.165) is 35.6 Å². The number of pyridine rings is 1. The van der Waals surface area contributed by atoms with Crippen LogP contribution < -0.4 is 5.32 Å². The fourth-order valence-corrected chi connectivity index (χ4v) is 5.06. The standard InChI is InChI=1S/C27H28BN9O/c1-18-25(34-37(33-18)21-7-3-2-4-8-21)27(38)35-12-9-20(10-13-35)23-14-24(30-16-19-6-5-11-29-15-19)36-26(32-23)22(28)17-31-36/h2-8,11,14-15,17,20,22,26,32H,9-10,12-13,16H2,1H3. The lowest BCUT2D eigenvalue weighted by Crippen LogP contribution is -2.51. The van der Waals surface area contributed by atoms with Crippen molar-refractivity contribution in [3.63, 3.8) is 0 Å². The minimum atomic E-state index is -0.237. The normalized spacial score (nSPS) is 22.3. The van der Waals surface area contributed by atoms with Crippen LogP contribution in [-0.4, -0.2) is 74.9 Å². The second-order valence-electron chi connectivity index (χ2n) is 9.74. The first kappa shape index (κ1) is 24.1. The monoisotopic (exact) mass is 505 g/mol. The van der Waals surface area contributed by atoms with E-state index >= 15 is 0 Å². The molecule has 190 valence electrons. The van der Waals surface area contributed by atoms with Crippen molar-refractivity contribution in [2.45, 2.75) is 38.3 Å². The van der Waals surface area contributed by atoms with Crippen molar-refractivity contribution in [1.29, 1.82) is 0 Å². The number of amidine groups is 1. The first-order valence-electron chi connectivity index (χ1n) is 12.9. The Morgan fingerprint density at radius 2 is 1.95 bits per heavy atom. The number of aromatic nitrogens is 4. The molecule has 1 amide bonds. The molecule has 3 aromatic rings. The van der Waals surface area contributed by atoms with Gasteiger partial charge in [-0.3, -0.25) is 14.8 Å². The van der Waals surface area contributed by atoms with Crippen LogP contribution in [0.15, 0.2) is 76.7 Å². The molecule has 2 aromatic heterocycles. The van der Waals surface area contributed by atoms with Crippen LogP contribution in [0.25, 0.3) is 5.69 Å². The lowest BCUT2D eigenvalue weighted by Gasteiger charge is -2.39. The number of fused-ring (bicyclic) bond motifs is 1. The molecule has 0 bridgehead atoms. The zero-order valence-corrected chi connectivity index (χ0v) is 21.2. The van der Waals surface area contributed by atoms with E-state index in [1.54, 1.807) is 12.4 Å². The first-order valence-corrected chi connectivity index (χ1v) is 12.9. The Bertz CT molecular complexity index is 1390. The number of hydrazone groups is 1. The van der Waals surface area contributed by atoms with Crippen molar-refractivity contribution >= 4 is 25.8 Å². The minimum Gasteiger partial charge on any atom is -0.367 e. The van der Waals surface area contributed by atoms with Crippen LogP contribution in [0.1, 0.15) is 34.6 Å². The van der Waals surface area contributed by atoms with Crippen LogP contribution in [0.3, 0.4) is 0 Å². The van der Waals surface area contributed by atoms with E-state index in [9.17, 15) is 4.79 Å². The Hall–Kier alpha value is -4.28. The van der Waals surface area contributed by atoms with Gasteiger partial charge in [0, 0.05) is 49.4 Å². The van der Waals surface area contributed by atoms with Crippen molar-refractivity contribution in [1.82, 2.24) is 35.2 Å². The van der Waals surface area contributed by atoms with E-state index in [0.29, 0.717) is 31.0 Å². The van der Waals surface area contributed by atoms with Crippen LogP contribution in [0.4, 0.5) is 0 Å². The first-order chi connectivity index (χ1) is 18.6. The Labute approximate surface area is 222 Å². The molecule has 1 saturated heterocycles. The van der Waals surface area contributed by atoms with Crippen LogP contribution in [0.5, 0.6) is 0 Å². The lowest BCUT2D eigenvalue weighted by atomic mass is 9.84. The number of aliphatic imine (C=N–C) groups is 1. The van der Waals surface area contributed by atoms with Gasteiger partial charge < -0.3 is 10.2 Å². The zero-order valence-electron chi connectivity index (χ0n) is 21.2. The van der Waals surface area contributed by atoms with E-state index < -0.39 is 0 Å². The molecule has 1 N–H and O–H groups in total. The predicted octanol–water partition coefficient (Wildman–Crippen LogP) is 2.49. The molecule has 10 nitrogen and oxygen atoms in total. The Balaban J connectivity index is 1.15. The molecule has 0 spiro atoms. The number of allylic oxidation sites excluding steroid dienone is 1. The maximum absolute atomic E-state index is 13.3. The van der Waals surface area contributed by atoms with Gasteiger partial charge in [0.15, 0.2) is 5.69 Å². The predicted molar refractivity (Wildman–Crippen MR) is 145 cm³/mol. The number of hydrogen-bond donors (Lipinski definition) is 1. The van der Waals surface area contributed by atoms with Crippen molar-refractivity contribution in [2.75, 3.05) is 13.1 Å². The number of amides is 1. The average Bonchev–Trinajstić information content (AvgIpc) is 3.55. The van der Waals surface area contributed by atoms with Crippen LogP contribution in [0.2, 0.25) is 5.82 Å². The number of rotatable bonds is 5. The van der Waals surface area contributed by atoms with Gasteiger partial charge in [-0.15, -0.1) is 5.10 Å². The van der Waals surface area contributed by atoms with E-state index in [-0.39, 0.29) is 23.8 Å². The van der Waals surface area contributed by atoms with Gasteiger partial charge in [-0.25, -0.2) is 5.01 Å². The number of nitrogens with zero attached hydrogens (tertiary/aromatic N) is 8. The van der Waals surface area contributed by atoms with Gasteiger partial charge in [0.25, 0.3) is 5.91 Å². The summed E-state index contributed by atoms with van der Waals surface area (Å²) < 4.78 is 0. The quantitative estimate of drug-likeness (QED) is 0.535. The molecule has 38 heavy (non-hydrogen) atoms. The largest absolute Gasteiger partial charge is 0.367 e. The van der Waals surface area contributed by atoms with E-state index in [2.05, 4.69) is 31.7 Å².